The van der Waals surface area contributed by atoms with Gasteiger partial charge in [0.25, 0.3) is 0 Å². The SMILES string of the molecule is CCNC(=NCCc1nc(-c2ccc(Cl)cc2)no1)NC1CCCSC1.I. The van der Waals surface area contributed by atoms with Crippen LogP contribution in [0.3, 0.4) is 0 Å². The molecule has 1 fully saturated rings. The Bertz CT molecular complexity index is 719. The lowest BCUT2D eigenvalue weighted by Crippen LogP contribution is -2.45. The van der Waals surface area contributed by atoms with Crippen molar-refractivity contribution in [3.63, 3.8) is 0 Å². The summed E-state index contributed by atoms with van der Waals surface area (Å²) in [7, 11) is 0. The smallest absolute Gasteiger partial charge is 0.228 e. The highest BCUT2D eigenvalue weighted by molar-refractivity contribution is 14.0. The molecule has 2 aromatic rings. The maximum atomic E-state index is 5.91. The number of benzene rings is 1. The van der Waals surface area contributed by atoms with Crippen molar-refractivity contribution in [3.8, 4) is 11.4 Å². The van der Waals surface area contributed by atoms with E-state index in [0.29, 0.717) is 35.7 Å². The van der Waals surface area contributed by atoms with Crippen LogP contribution in [0, 0.1) is 0 Å². The topological polar surface area (TPSA) is 75.3 Å². The lowest BCUT2D eigenvalue weighted by Gasteiger charge is -2.24. The molecule has 2 heterocycles. The number of guanidine groups is 1. The molecule has 0 amide bonds. The summed E-state index contributed by atoms with van der Waals surface area (Å²) >= 11 is 7.90. The zero-order chi connectivity index (χ0) is 18.2. The first kappa shape index (κ1) is 22.3. The van der Waals surface area contributed by atoms with Gasteiger partial charge in [0, 0.05) is 35.3 Å². The highest BCUT2D eigenvalue weighted by atomic mass is 127. The molecule has 6 nitrogen and oxygen atoms in total. The van der Waals surface area contributed by atoms with Crippen LogP contribution in [0.5, 0.6) is 0 Å². The lowest BCUT2D eigenvalue weighted by molar-refractivity contribution is 0.380. The third kappa shape index (κ3) is 7.15. The van der Waals surface area contributed by atoms with E-state index >= 15 is 0 Å². The molecule has 1 unspecified atom stereocenters. The summed E-state index contributed by atoms with van der Waals surface area (Å²) in [5.41, 5.74) is 0.887. The van der Waals surface area contributed by atoms with Crippen molar-refractivity contribution in [2.45, 2.75) is 32.2 Å². The first-order valence-corrected chi connectivity index (χ1v) is 10.5. The monoisotopic (exact) mass is 521 g/mol. The average Bonchev–Trinajstić information content (AvgIpc) is 3.12. The van der Waals surface area contributed by atoms with E-state index in [1.807, 2.05) is 36.0 Å². The summed E-state index contributed by atoms with van der Waals surface area (Å²) in [5.74, 6) is 4.42. The number of aliphatic imine (C=N–C) groups is 1. The molecular formula is C18H25ClIN5OS. The highest BCUT2D eigenvalue weighted by Gasteiger charge is 2.15. The normalized spacial score (nSPS) is 17.3. The van der Waals surface area contributed by atoms with Gasteiger partial charge in [-0.2, -0.15) is 16.7 Å². The van der Waals surface area contributed by atoms with Crippen LogP contribution in [0.2, 0.25) is 5.02 Å². The van der Waals surface area contributed by atoms with Crippen LogP contribution in [0.25, 0.3) is 11.4 Å². The van der Waals surface area contributed by atoms with Gasteiger partial charge in [0.2, 0.25) is 11.7 Å². The number of nitrogens with one attached hydrogen (secondary N) is 2. The van der Waals surface area contributed by atoms with Gasteiger partial charge in [0.1, 0.15) is 0 Å². The summed E-state index contributed by atoms with van der Waals surface area (Å²) < 4.78 is 5.33. The maximum absolute atomic E-state index is 5.91. The first-order chi connectivity index (χ1) is 12.7. The molecule has 1 aliphatic rings. The van der Waals surface area contributed by atoms with Gasteiger partial charge in [-0.15, -0.1) is 24.0 Å². The van der Waals surface area contributed by atoms with Gasteiger partial charge >= 0.3 is 0 Å². The van der Waals surface area contributed by atoms with Gasteiger partial charge in [-0.1, -0.05) is 16.8 Å². The second-order valence-electron chi connectivity index (χ2n) is 6.09. The van der Waals surface area contributed by atoms with Gasteiger partial charge in [0.05, 0.1) is 6.54 Å². The molecule has 3 rings (SSSR count). The summed E-state index contributed by atoms with van der Waals surface area (Å²) in [6.45, 7) is 3.51. The van der Waals surface area contributed by atoms with Crippen molar-refractivity contribution in [2.24, 2.45) is 4.99 Å². The Morgan fingerprint density at radius 2 is 2.19 bits per heavy atom. The standard InChI is InChI=1S/C18H24ClN5OS.HI/c1-2-20-18(22-15-4-3-11-26-12-15)21-10-9-16-23-17(24-25-16)13-5-7-14(19)8-6-13;/h5-8,15H,2-4,9-12H2,1H3,(H2,20,21,22);1H. The van der Waals surface area contributed by atoms with Gasteiger partial charge in [-0.05, 0) is 49.8 Å². The fourth-order valence-electron chi connectivity index (χ4n) is 2.70. The van der Waals surface area contributed by atoms with Crippen molar-refractivity contribution >= 4 is 53.3 Å². The van der Waals surface area contributed by atoms with Crippen molar-refractivity contribution < 1.29 is 4.52 Å². The molecule has 0 aliphatic carbocycles. The first-order valence-electron chi connectivity index (χ1n) is 8.95. The molecule has 27 heavy (non-hydrogen) atoms. The predicted octanol–water partition coefficient (Wildman–Crippen LogP) is 4.00. The molecule has 1 atom stereocenters. The summed E-state index contributed by atoms with van der Waals surface area (Å²) in [6.07, 6.45) is 3.07. The predicted molar refractivity (Wildman–Crippen MR) is 123 cm³/mol. The van der Waals surface area contributed by atoms with Crippen LogP contribution in [-0.4, -0.2) is 46.7 Å². The molecule has 1 saturated heterocycles. The molecular weight excluding hydrogens is 497 g/mol. The molecule has 1 aromatic heterocycles. The van der Waals surface area contributed by atoms with E-state index in [0.717, 1.165) is 23.8 Å². The van der Waals surface area contributed by atoms with E-state index in [1.165, 1.54) is 18.6 Å². The Kier molecular flexibility index (Phi) is 9.70. The zero-order valence-electron chi connectivity index (χ0n) is 15.3. The molecule has 0 saturated carbocycles. The lowest BCUT2D eigenvalue weighted by atomic mass is 10.2. The minimum atomic E-state index is 0. The second-order valence-corrected chi connectivity index (χ2v) is 7.67. The Morgan fingerprint density at radius 3 is 2.89 bits per heavy atom. The third-order valence-electron chi connectivity index (χ3n) is 4.01. The van der Waals surface area contributed by atoms with E-state index in [2.05, 4.69) is 32.7 Å². The summed E-state index contributed by atoms with van der Waals surface area (Å²) in [6, 6.07) is 7.88. The van der Waals surface area contributed by atoms with Crippen molar-refractivity contribution in [1.82, 2.24) is 20.8 Å². The van der Waals surface area contributed by atoms with Gasteiger partial charge in [-0.3, -0.25) is 4.99 Å². The Labute approximate surface area is 186 Å². The molecule has 1 aromatic carbocycles. The molecule has 148 valence electrons. The molecule has 0 radical (unpaired) electrons. The van der Waals surface area contributed by atoms with Crippen LogP contribution >= 0.6 is 47.3 Å². The zero-order valence-corrected chi connectivity index (χ0v) is 19.2. The number of nitrogens with zero attached hydrogens (tertiary/aromatic N) is 3. The Hall–Kier alpha value is -1.000. The van der Waals surface area contributed by atoms with E-state index in [4.69, 9.17) is 16.1 Å². The fraction of sp³-hybridized carbons (Fsp3) is 0.500. The van der Waals surface area contributed by atoms with Crippen molar-refractivity contribution in [1.29, 1.82) is 0 Å². The van der Waals surface area contributed by atoms with E-state index in [1.54, 1.807) is 0 Å². The van der Waals surface area contributed by atoms with Crippen LogP contribution in [0.15, 0.2) is 33.8 Å². The van der Waals surface area contributed by atoms with Gasteiger partial charge in [-0.25, -0.2) is 0 Å². The molecule has 0 spiro atoms. The van der Waals surface area contributed by atoms with Gasteiger partial charge < -0.3 is 15.2 Å². The van der Waals surface area contributed by atoms with Crippen molar-refractivity contribution in [3.05, 3.63) is 35.2 Å². The van der Waals surface area contributed by atoms with Crippen LogP contribution in [-0.2, 0) is 6.42 Å². The Balaban J connectivity index is 0.00000261. The quantitative estimate of drug-likeness (QED) is 0.340. The number of hydrogen-bond donors (Lipinski definition) is 2. The highest BCUT2D eigenvalue weighted by Crippen LogP contribution is 2.19. The van der Waals surface area contributed by atoms with E-state index in [-0.39, 0.29) is 24.0 Å². The van der Waals surface area contributed by atoms with E-state index < -0.39 is 0 Å². The number of thioether (sulfide) groups is 1. The molecule has 0 bridgehead atoms. The van der Waals surface area contributed by atoms with Crippen LogP contribution in [0.1, 0.15) is 25.7 Å². The number of rotatable bonds is 6. The minimum absolute atomic E-state index is 0. The Morgan fingerprint density at radius 1 is 1.37 bits per heavy atom. The summed E-state index contributed by atoms with van der Waals surface area (Å²) in [4.78, 5) is 9.07. The van der Waals surface area contributed by atoms with E-state index in [9.17, 15) is 0 Å². The third-order valence-corrected chi connectivity index (χ3v) is 5.48. The fourth-order valence-corrected chi connectivity index (χ4v) is 3.90. The van der Waals surface area contributed by atoms with Gasteiger partial charge in [0.15, 0.2) is 5.96 Å². The molecule has 9 heteroatoms. The number of halogens is 2. The van der Waals surface area contributed by atoms with Crippen LogP contribution < -0.4 is 10.6 Å². The van der Waals surface area contributed by atoms with Crippen LogP contribution in [0.4, 0.5) is 0 Å². The molecule has 1 aliphatic heterocycles. The number of aromatic nitrogens is 2. The minimum Gasteiger partial charge on any atom is -0.357 e. The summed E-state index contributed by atoms with van der Waals surface area (Å²) in [5, 5.41) is 11.5. The van der Waals surface area contributed by atoms with Crippen molar-refractivity contribution in [2.75, 3.05) is 24.6 Å². The number of hydrogen-bond acceptors (Lipinski definition) is 5. The second kappa shape index (κ2) is 11.8. The maximum Gasteiger partial charge on any atom is 0.228 e. The molecule has 2 N–H and O–H groups in total. The average molecular weight is 522 g/mol. The largest absolute Gasteiger partial charge is 0.357 e.